The lowest BCUT2D eigenvalue weighted by Gasteiger charge is -2.07. The van der Waals surface area contributed by atoms with E-state index in [0.717, 1.165) is 5.06 Å². The maximum absolute atomic E-state index is 5.26. The summed E-state index contributed by atoms with van der Waals surface area (Å²) in [5, 5.41) is 1.02. The lowest BCUT2D eigenvalue weighted by atomic mass is 10.0. The van der Waals surface area contributed by atoms with E-state index in [2.05, 4.69) is 26.0 Å². The van der Waals surface area contributed by atoms with E-state index in [9.17, 15) is 0 Å². The number of methoxy groups -OCH3 is 1. The van der Waals surface area contributed by atoms with Crippen molar-refractivity contribution in [3.63, 3.8) is 0 Å². The average molecular weight is 268 g/mol. The van der Waals surface area contributed by atoms with E-state index < -0.39 is 0 Å². The quantitative estimate of drug-likeness (QED) is 0.615. The average Bonchev–Trinajstić information content (AvgIpc) is 2.86. The van der Waals surface area contributed by atoms with Crippen molar-refractivity contribution in [1.82, 2.24) is 0 Å². The van der Waals surface area contributed by atoms with Gasteiger partial charge in [0.25, 0.3) is 0 Å². The Hall–Kier alpha value is -0.540. The first kappa shape index (κ1) is 12.9. The van der Waals surface area contributed by atoms with Gasteiger partial charge in [-0.1, -0.05) is 44.4 Å². The predicted octanol–water partition coefficient (Wildman–Crippen LogP) is 5.66. The molecule has 2 aromatic heterocycles. The summed E-state index contributed by atoms with van der Waals surface area (Å²) in [7, 11) is 1.74. The Bertz CT molecular complexity index is 438. The highest BCUT2D eigenvalue weighted by Crippen LogP contribution is 2.40. The first-order valence-electron chi connectivity index (χ1n) is 6.31. The summed E-state index contributed by atoms with van der Waals surface area (Å²) in [4.78, 5) is 1.53. The second-order valence-corrected chi connectivity index (χ2v) is 6.71. The Labute approximate surface area is 111 Å². The largest absolute Gasteiger partial charge is 0.487 e. The third-order valence-corrected chi connectivity index (χ3v) is 5.62. The summed E-state index contributed by atoms with van der Waals surface area (Å²) in [5.41, 5.74) is 0. The van der Waals surface area contributed by atoms with Gasteiger partial charge in [-0.25, -0.2) is 0 Å². The van der Waals surface area contributed by atoms with Gasteiger partial charge in [-0.15, -0.1) is 11.3 Å². The number of thiophene rings is 2. The zero-order valence-corrected chi connectivity index (χ0v) is 12.4. The van der Waals surface area contributed by atoms with Crippen LogP contribution in [0.1, 0.15) is 50.3 Å². The molecule has 17 heavy (non-hydrogen) atoms. The van der Waals surface area contributed by atoms with Gasteiger partial charge in [-0.05, 0) is 18.4 Å². The van der Waals surface area contributed by atoms with Crippen molar-refractivity contribution in [2.75, 3.05) is 7.11 Å². The highest BCUT2D eigenvalue weighted by Gasteiger charge is 2.12. The molecule has 1 nitrogen and oxygen atoms in total. The third-order valence-electron chi connectivity index (χ3n) is 3.13. The molecule has 0 bridgehead atoms. The fourth-order valence-corrected chi connectivity index (χ4v) is 4.32. The van der Waals surface area contributed by atoms with E-state index in [1.54, 1.807) is 18.4 Å². The lowest BCUT2D eigenvalue weighted by molar-refractivity contribution is 0.427. The van der Waals surface area contributed by atoms with Crippen LogP contribution in [0.25, 0.3) is 9.40 Å². The molecule has 0 N–H and O–H groups in total. The molecule has 0 aliphatic rings. The second kappa shape index (κ2) is 5.87. The molecule has 0 saturated heterocycles. The Kier molecular flexibility index (Phi) is 4.46. The van der Waals surface area contributed by atoms with Gasteiger partial charge in [0.15, 0.2) is 5.06 Å². The monoisotopic (exact) mass is 268 g/mol. The Morgan fingerprint density at radius 1 is 1.18 bits per heavy atom. The van der Waals surface area contributed by atoms with E-state index in [1.807, 2.05) is 11.3 Å². The summed E-state index contributed by atoms with van der Waals surface area (Å²) >= 11 is 3.68. The highest BCUT2D eigenvalue weighted by atomic mass is 32.1. The van der Waals surface area contributed by atoms with Crippen molar-refractivity contribution in [3.8, 4) is 5.06 Å². The second-order valence-electron chi connectivity index (χ2n) is 4.54. The lowest BCUT2D eigenvalue weighted by Crippen LogP contribution is -1.89. The SMILES string of the molecule is CCCCCC(C)c1cc2sc(OC)cc2s1. The molecular formula is C14H20OS2. The molecule has 0 aromatic carbocycles. The molecule has 2 rings (SSSR count). The molecule has 0 aliphatic heterocycles. The first-order chi connectivity index (χ1) is 8.24. The van der Waals surface area contributed by atoms with Crippen molar-refractivity contribution in [2.24, 2.45) is 0 Å². The minimum atomic E-state index is 0.706. The number of ether oxygens (including phenoxy) is 1. The van der Waals surface area contributed by atoms with Gasteiger partial charge >= 0.3 is 0 Å². The van der Waals surface area contributed by atoms with Gasteiger partial charge in [-0.3, -0.25) is 0 Å². The fourth-order valence-electron chi connectivity index (χ4n) is 2.02. The van der Waals surface area contributed by atoms with Crippen LogP contribution in [-0.2, 0) is 0 Å². The fraction of sp³-hybridized carbons (Fsp3) is 0.571. The summed E-state index contributed by atoms with van der Waals surface area (Å²) in [6, 6.07) is 4.51. The predicted molar refractivity (Wildman–Crippen MR) is 78.8 cm³/mol. The first-order valence-corrected chi connectivity index (χ1v) is 7.95. The van der Waals surface area contributed by atoms with E-state index in [4.69, 9.17) is 4.74 Å². The summed E-state index contributed by atoms with van der Waals surface area (Å²) < 4.78 is 8.02. The number of fused-ring (bicyclic) bond motifs is 1. The minimum Gasteiger partial charge on any atom is -0.487 e. The van der Waals surface area contributed by atoms with Gasteiger partial charge < -0.3 is 4.74 Å². The van der Waals surface area contributed by atoms with Crippen LogP contribution in [0.3, 0.4) is 0 Å². The zero-order chi connectivity index (χ0) is 12.3. The molecule has 1 unspecified atom stereocenters. The van der Waals surface area contributed by atoms with Crippen molar-refractivity contribution < 1.29 is 4.74 Å². The highest BCUT2D eigenvalue weighted by molar-refractivity contribution is 7.28. The maximum atomic E-state index is 5.26. The van der Waals surface area contributed by atoms with Crippen molar-refractivity contribution in [1.29, 1.82) is 0 Å². The normalized spacial score (nSPS) is 13.1. The van der Waals surface area contributed by atoms with Crippen LogP contribution < -0.4 is 4.74 Å². The van der Waals surface area contributed by atoms with Crippen LogP contribution >= 0.6 is 22.7 Å². The molecule has 0 saturated carbocycles. The van der Waals surface area contributed by atoms with Gasteiger partial charge in [0, 0.05) is 20.3 Å². The maximum Gasteiger partial charge on any atom is 0.175 e. The van der Waals surface area contributed by atoms with Crippen LogP contribution in [0, 0.1) is 0 Å². The van der Waals surface area contributed by atoms with Crippen LogP contribution in [0.2, 0.25) is 0 Å². The molecule has 0 amide bonds. The number of hydrogen-bond acceptors (Lipinski definition) is 3. The Morgan fingerprint density at radius 2 is 1.94 bits per heavy atom. The molecule has 0 aliphatic carbocycles. The molecule has 2 heterocycles. The van der Waals surface area contributed by atoms with Gasteiger partial charge in [0.1, 0.15) is 0 Å². The smallest absolute Gasteiger partial charge is 0.175 e. The molecule has 3 heteroatoms. The molecule has 0 spiro atoms. The van der Waals surface area contributed by atoms with E-state index in [-0.39, 0.29) is 0 Å². The van der Waals surface area contributed by atoms with Crippen LogP contribution in [0.5, 0.6) is 5.06 Å². The van der Waals surface area contributed by atoms with E-state index in [0.29, 0.717) is 5.92 Å². The van der Waals surface area contributed by atoms with Crippen LogP contribution in [0.15, 0.2) is 12.1 Å². The molecule has 1 atom stereocenters. The van der Waals surface area contributed by atoms with Crippen LogP contribution in [-0.4, -0.2) is 7.11 Å². The van der Waals surface area contributed by atoms with Crippen molar-refractivity contribution in [3.05, 3.63) is 17.0 Å². The zero-order valence-electron chi connectivity index (χ0n) is 10.8. The number of unbranched alkanes of at least 4 members (excludes halogenated alkanes) is 2. The number of hydrogen-bond donors (Lipinski definition) is 0. The summed E-state index contributed by atoms with van der Waals surface area (Å²) in [6.07, 6.45) is 5.34. The van der Waals surface area contributed by atoms with E-state index >= 15 is 0 Å². The van der Waals surface area contributed by atoms with Crippen molar-refractivity contribution in [2.45, 2.75) is 45.4 Å². The topological polar surface area (TPSA) is 9.23 Å². The summed E-state index contributed by atoms with van der Waals surface area (Å²) in [6.45, 7) is 4.61. The molecular weight excluding hydrogens is 248 g/mol. The Balaban J connectivity index is 2.05. The minimum absolute atomic E-state index is 0.706. The third kappa shape index (κ3) is 3.02. The molecule has 0 fully saturated rings. The molecule has 2 aromatic rings. The Morgan fingerprint density at radius 3 is 2.59 bits per heavy atom. The van der Waals surface area contributed by atoms with Gasteiger partial charge in [-0.2, -0.15) is 0 Å². The van der Waals surface area contributed by atoms with Crippen LogP contribution in [0.4, 0.5) is 0 Å². The van der Waals surface area contributed by atoms with Gasteiger partial charge in [0.2, 0.25) is 0 Å². The molecule has 94 valence electrons. The number of rotatable bonds is 6. The standard InChI is InChI=1S/C14H20OS2/c1-4-5-6-7-10(2)11-8-12-13(16-11)9-14(15-3)17-12/h8-10H,4-7H2,1-3H3. The molecule has 0 radical (unpaired) electrons. The summed E-state index contributed by atoms with van der Waals surface area (Å²) in [5.74, 6) is 0.706. The van der Waals surface area contributed by atoms with E-state index in [1.165, 1.54) is 40.0 Å². The van der Waals surface area contributed by atoms with Crippen molar-refractivity contribution >= 4 is 32.1 Å². The van der Waals surface area contributed by atoms with Gasteiger partial charge in [0.05, 0.1) is 7.11 Å².